The topological polar surface area (TPSA) is 89.0 Å². The molecule has 6 heteroatoms. The summed E-state index contributed by atoms with van der Waals surface area (Å²) < 4.78 is 24.8. The molecule has 0 aliphatic carbocycles. The zero-order valence-electron chi connectivity index (χ0n) is 24.0. The summed E-state index contributed by atoms with van der Waals surface area (Å²) in [5, 5.41) is 0. The minimum Gasteiger partial charge on any atom is -0.455 e. The van der Waals surface area contributed by atoms with Gasteiger partial charge in [0.1, 0.15) is 23.0 Å². The summed E-state index contributed by atoms with van der Waals surface area (Å²) in [5.74, 6) is 4.82. The van der Waals surface area contributed by atoms with Crippen LogP contribution < -0.4 is 30.4 Å². The number of para-hydroxylation sites is 4. The number of anilines is 2. The van der Waals surface area contributed by atoms with Gasteiger partial charge in [0.15, 0.2) is 23.0 Å². The summed E-state index contributed by atoms with van der Waals surface area (Å²) in [6.07, 6.45) is 3.82. The minimum absolute atomic E-state index is 0.557. The van der Waals surface area contributed by atoms with Crippen molar-refractivity contribution < 1.29 is 18.9 Å². The summed E-state index contributed by atoms with van der Waals surface area (Å²) in [5.41, 5.74) is 16.2. The number of hydrogen-bond donors (Lipinski definition) is 2. The second-order valence-electron chi connectivity index (χ2n) is 9.96. The first-order valence-corrected chi connectivity index (χ1v) is 14.3. The number of rotatable bonds is 12. The molecule has 5 aromatic carbocycles. The smallest absolute Gasteiger partial charge is 0.169 e. The first-order chi connectivity index (χ1) is 20.5. The van der Waals surface area contributed by atoms with Crippen LogP contribution in [0.5, 0.6) is 46.0 Å². The van der Waals surface area contributed by atoms with E-state index in [1.54, 1.807) is 0 Å². The zero-order chi connectivity index (χ0) is 29.3. The number of hydrogen-bond acceptors (Lipinski definition) is 6. The lowest BCUT2D eigenvalue weighted by Gasteiger charge is -2.15. The van der Waals surface area contributed by atoms with E-state index in [-0.39, 0.29) is 0 Å². The average molecular weight is 561 g/mol. The molecular formula is C36H36N2O4. The van der Waals surface area contributed by atoms with Gasteiger partial charge in [0, 0.05) is 12.1 Å². The van der Waals surface area contributed by atoms with Crippen molar-refractivity contribution in [1.82, 2.24) is 0 Å². The summed E-state index contributed by atoms with van der Waals surface area (Å²) in [4.78, 5) is 0. The number of ether oxygens (including phenoxy) is 4. The Morgan fingerprint density at radius 1 is 0.429 bits per heavy atom. The second-order valence-corrected chi connectivity index (χ2v) is 9.96. The van der Waals surface area contributed by atoms with E-state index in [4.69, 9.17) is 30.4 Å². The number of benzene rings is 5. The minimum atomic E-state index is 0.557. The Balaban J connectivity index is 1.31. The van der Waals surface area contributed by atoms with Crippen LogP contribution in [0.4, 0.5) is 11.4 Å². The van der Waals surface area contributed by atoms with Crippen LogP contribution in [0.3, 0.4) is 0 Å². The van der Waals surface area contributed by atoms with Crippen LogP contribution in [0.1, 0.15) is 37.8 Å². The van der Waals surface area contributed by atoms with Crippen molar-refractivity contribution in [2.45, 2.75) is 39.5 Å². The molecule has 214 valence electrons. The molecule has 0 aliphatic rings. The van der Waals surface area contributed by atoms with Crippen LogP contribution in [0.2, 0.25) is 0 Å². The summed E-state index contributed by atoms with van der Waals surface area (Å²) >= 11 is 0. The predicted molar refractivity (Wildman–Crippen MR) is 169 cm³/mol. The maximum atomic E-state index is 6.36. The summed E-state index contributed by atoms with van der Waals surface area (Å²) in [7, 11) is 0. The van der Waals surface area contributed by atoms with E-state index in [1.165, 1.54) is 0 Å². The molecule has 0 saturated heterocycles. The third kappa shape index (κ3) is 6.96. The lowest BCUT2D eigenvalue weighted by Crippen LogP contribution is -1.98. The Bertz CT molecular complexity index is 1530. The molecule has 0 fully saturated rings. The average Bonchev–Trinajstić information content (AvgIpc) is 2.99. The van der Waals surface area contributed by atoms with Crippen LogP contribution in [-0.2, 0) is 12.8 Å². The molecule has 0 aromatic heterocycles. The lowest BCUT2D eigenvalue weighted by molar-refractivity contribution is 0.413. The van der Waals surface area contributed by atoms with Crippen LogP contribution in [0.25, 0.3) is 0 Å². The van der Waals surface area contributed by atoms with Crippen LogP contribution in [-0.4, -0.2) is 0 Å². The van der Waals surface area contributed by atoms with E-state index in [2.05, 4.69) is 13.8 Å². The van der Waals surface area contributed by atoms with Crippen molar-refractivity contribution in [3.63, 3.8) is 0 Å². The molecule has 0 aliphatic heterocycles. The van der Waals surface area contributed by atoms with Crippen molar-refractivity contribution in [2.24, 2.45) is 0 Å². The molecule has 0 bridgehead atoms. The largest absolute Gasteiger partial charge is 0.455 e. The first-order valence-electron chi connectivity index (χ1n) is 14.3. The number of nitrogen functional groups attached to an aromatic ring is 2. The van der Waals surface area contributed by atoms with E-state index in [0.29, 0.717) is 57.4 Å². The van der Waals surface area contributed by atoms with Gasteiger partial charge < -0.3 is 30.4 Å². The third-order valence-corrected chi connectivity index (χ3v) is 6.72. The van der Waals surface area contributed by atoms with Crippen LogP contribution in [0, 0.1) is 0 Å². The fourth-order valence-electron chi connectivity index (χ4n) is 4.66. The normalized spacial score (nSPS) is 10.7. The van der Waals surface area contributed by atoms with E-state index in [9.17, 15) is 0 Å². The van der Waals surface area contributed by atoms with Gasteiger partial charge in [-0.3, -0.25) is 0 Å². The van der Waals surface area contributed by atoms with Gasteiger partial charge in [0.2, 0.25) is 0 Å². The van der Waals surface area contributed by atoms with Gasteiger partial charge in [-0.1, -0.05) is 75.2 Å². The molecule has 0 heterocycles. The highest BCUT2D eigenvalue weighted by molar-refractivity contribution is 5.61. The van der Waals surface area contributed by atoms with Crippen molar-refractivity contribution >= 4 is 11.4 Å². The van der Waals surface area contributed by atoms with E-state index in [0.717, 1.165) is 36.8 Å². The molecule has 0 amide bonds. The Kier molecular flexibility index (Phi) is 9.14. The molecule has 42 heavy (non-hydrogen) atoms. The first kappa shape index (κ1) is 28.4. The standard InChI is InChI=1S/C36H36N2O4/c1-3-11-25-13-7-21-33(35(25)37)41-29-17-9-15-27(23-29)39-31-19-5-6-20-32(31)40-28-16-10-18-30(24-28)42-34-22-8-14-26(12-4-2)36(34)38/h5-10,13-24H,3-4,11-12,37-38H2,1-2H3. The van der Waals surface area contributed by atoms with E-state index in [1.807, 2.05) is 109 Å². The van der Waals surface area contributed by atoms with Gasteiger partial charge in [0.05, 0.1) is 11.4 Å². The maximum Gasteiger partial charge on any atom is 0.169 e. The van der Waals surface area contributed by atoms with Gasteiger partial charge in [-0.05, 0) is 72.5 Å². The van der Waals surface area contributed by atoms with Gasteiger partial charge in [-0.2, -0.15) is 0 Å². The highest BCUT2D eigenvalue weighted by Crippen LogP contribution is 2.38. The molecule has 5 rings (SSSR count). The monoisotopic (exact) mass is 560 g/mol. The Labute approximate surface area is 247 Å². The summed E-state index contributed by atoms with van der Waals surface area (Å²) in [6.45, 7) is 4.26. The zero-order valence-corrected chi connectivity index (χ0v) is 24.0. The van der Waals surface area contributed by atoms with Gasteiger partial charge in [-0.15, -0.1) is 0 Å². The van der Waals surface area contributed by atoms with Crippen molar-refractivity contribution in [1.29, 1.82) is 0 Å². The molecule has 4 N–H and O–H groups in total. The van der Waals surface area contributed by atoms with Crippen molar-refractivity contribution in [3.05, 3.63) is 120 Å². The number of aryl methyl sites for hydroxylation is 2. The molecule has 0 spiro atoms. The Morgan fingerprint density at radius 3 is 1.14 bits per heavy atom. The van der Waals surface area contributed by atoms with Crippen LogP contribution in [0.15, 0.2) is 109 Å². The molecule has 0 saturated carbocycles. The van der Waals surface area contributed by atoms with E-state index < -0.39 is 0 Å². The highest BCUT2D eigenvalue weighted by atomic mass is 16.5. The van der Waals surface area contributed by atoms with Crippen molar-refractivity contribution in [2.75, 3.05) is 11.5 Å². The van der Waals surface area contributed by atoms with Gasteiger partial charge in [0.25, 0.3) is 0 Å². The Hall–Kier alpha value is -5.10. The van der Waals surface area contributed by atoms with Gasteiger partial charge in [-0.25, -0.2) is 0 Å². The fourth-order valence-corrected chi connectivity index (χ4v) is 4.66. The van der Waals surface area contributed by atoms with Crippen molar-refractivity contribution in [3.8, 4) is 46.0 Å². The second kappa shape index (κ2) is 13.5. The number of nitrogens with two attached hydrogens (primary N) is 2. The molecule has 0 unspecified atom stereocenters. The van der Waals surface area contributed by atoms with Gasteiger partial charge >= 0.3 is 0 Å². The predicted octanol–water partition coefficient (Wildman–Crippen LogP) is 9.93. The molecule has 6 nitrogen and oxygen atoms in total. The Morgan fingerprint density at radius 2 is 0.762 bits per heavy atom. The molecule has 5 aromatic rings. The molecule has 0 radical (unpaired) electrons. The molecule has 0 atom stereocenters. The fraction of sp³-hybridized carbons (Fsp3) is 0.167. The maximum absolute atomic E-state index is 6.36. The van der Waals surface area contributed by atoms with E-state index >= 15 is 0 Å². The molecular weight excluding hydrogens is 524 g/mol. The van der Waals surface area contributed by atoms with Crippen LogP contribution >= 0.6 is 0 Å². The summed E-state index contributed by atoms with van der Waals surface area (Å²) in [6, 6.07) is 34.1. The quantitative estimate of drug-likeness (QED) is 0.148. The highest BCUT2D eigenvalue weighted by Gasteiger charge is 2.12. The lowest BCUT2D eigenvalue weighted by atomic mass is 10.1. The SMILES string of the molecule is CCCc1cccc(Oc2cccc(Oc3ccccc3Oc3cccc(Oc4cccc(CCC)c4N)c3)c2)c1N. The third-order valence-electron chi connectivity index (χ3n) is 6.72.